The van der Waals surface area contributed by atoms with Gasteiger partial charge in [0.2, 0.25) is 10.0 Å². The van der Waals surface area contributed by atoms with Gasteiger partial charge in [-0.25, -0.2) is 8.42 Å². The van der Waals surface area contributed by atoms with E-state index >= 15 is 0 Å². The van der Waals surface area contributed by atoms with Crippen LogP contribution in [-0.2, 0) is 19.6 Å². The van der Waals surface area contributed by atoms with Gasteiger partial charge in [-0.05, 0) is 60.0 Å². The van der Waals surface area contributed by atoms with Crippen LogP contribution in [-0.4, -0.2) is 27.5 Å². The van der Waals surface area contributed by atoms with Crippen molar-refractivity contribution in [3.8, 4) is 11.3 Å². The smallest absolute Gasteiger partial charge is 0.324 e. The molecular weight excluding hydrogens is 442 g/mol. The van der Waals surface area contributed by atoms with Crippen LogP contribution in [0.2, 0.25) is 5.22 Å². The number of nitrogens with one attached hydrogen (secondary N) is 1. The van der Waals surface area contributed by atoms with E-state index in [1.807, 2.05) is 18.2 Å². The van der Waals surface area contributed by atoms with E-state index < -0.39 is 22.0 Å². The van der Waals surface area contributed by atoms with E-state index in [1.165, 1.54) is 19.2 Å². The SMILES string of the molecule is COC(=O)C(NS(=O)(=O)c1ccc2oc3cc(-c4ccc(Cl)o4)ccc3c2c1)C(C)C. The average Bonchev–Trinajstić information content (AvgIpc) is 3.33. The van der Waals surface area contributed by atoms with Crippen LogP contribution in [0, 0.1) is 5.92 Å². The fourth-order valence-electron chi connectivity index (χ4n) is 3.36. The van der Waals surface area contributed by atoms with Crippen molar-refractivity contribution in [2.24, 2.45) is 5.92 Å². The molecule has 31 heavy (non-hydrogen) atoms. The minimum Gasteiger partial charge on any atom is -0.468 e. The van der Waals surface area contributed by atoms with Crippen LogP contribution in [0.25, 0.3) is 33.3 Å². The van der Waals surface area contributed by atoms with Crippen molar-refractivity contribution in [3.63, 3.8) is 0 Å². The van der Waals surface area contributed by atoms with Crippen LogP contribution in [0.5, 0.6) is 0 Å². The van der Waals surface area contributed by atoms with Gasteiger partial charge in [-0.3, -0.25) is 4.79 Å². The summed E-state index contributed by atoms with van der Waals surface area (Å²) in [6, 6.07) is 12.5. The van der Waals surface area contributed by atoms with Crippen molar-refractivity contribution in [2.75, 3.05) is 7.11 Å². The second-order valence-electron chi connectivity index (χ2n) is 7.44. The van der Waals surface area contributed by atoms with Gasteiger partial charge in [0.15, 0.2) is 5.22 Å². The number of methoxy groups -OCH3 is 1. The van der Waals surface area contributed by atoms with E-state index in [1.54, 1.807) is 32.0 Å². The zero-order valence-corrected chi connectivity index (χ0v) is 18.6. The molecule has 1 unspecified atom stereocenters. The molecule has 4 rings (SSSR count). The first-order chi connectivity index (χ1) is 14.7. The van der Waals surface area contributed by atoms with E-state index in [4.69, 9.17) is 25.2 Å². The molecule has 2 heterocycles. The summed E-state index contributed by atoms with van der Waals surface area (Å²) in [6.45, 7) is 3.47. The van der Waals surface area contributed by atoms with Crippen LogP contribution < -0.4 is 4.72 Å². The summed E-state index contributed by atoms with van der Waals surface area (Å²) in [5, 5.41) is 1.68. The van der Waals surface area contributed by atoms with Gasteiger partial charge in [0.1, 0.15) is 23.0 Å². The lowest BCUT2D eigenvalue weighted by molar-refractivity contribution is -0.143. The third-order valence-electron chi connectivity index (χ3n) is 5.01. The van der Waals surface area contributed by atoms with Crippen LogP contribution in [0.3, 0.4) is 0 Å². The third kappa shape index (κ3) is 4.06. The Labute approximate surface area is 184 Å². The number of benzene rings is 2. The molecule has 1 N–H and O–H groups in total. The number of carbonyl (C=O) groups is 1. The van der Waals surface area contributed by atoms with E-state index in [2.05, 4.69) is 4.72 Å². The highest BCUT2D eigenvalue weighted by atomic mass is 35.5. The molecule has 4 aromatic rings. The molecule has 0 aliphatic rings. The van der Waals surface area contributed by atoms with Crippen molar-refractivity contribution >= 4 is 49.5 Å². The Morgan fingerprint density at radius 2 is 1.77 bits per heavy atom. The summed E-state index contributed by atoms with van der Waals surface area (Å²) in [7, 11) is -2.75. The van der Waals surface area contributed by atoms with E-state index in [0.717, 1.165) is 10.9 Å². The predicted molar refractivity (Wildman–Crippen MR) is 117 cm³/mol. The quantitative estimate of drug-likeness (QED) is 0.407. The fourth-order valence-corrected chi connectivity index (χ4v) is 4.87. The molecule has 0 bridgehead atoms. The van der Waals surface area contributed by atoms with Gasteiger partial charge in [-0.2, -0.15) is 4.72 Å². The van der Waals surface area contributed by atoms with Crippen LogP contribution in [0.15, 0.2) is 62.3 Å². The summed E-state index contributed by atoms with van der Waals surface area (Å²) in [5.41, 5.74) is 1.90. The van der Waals surface area contributed by atoms with E-state index in [9.17, 15) is 13.2 Å². The first-order valence-corrected chi connectivity index (χ1v) is 11.4. The summed E-state index contributed by atoms with van der Waals surface area (Å²) in [5.74, 6) is -0.324. The second-order valence-corrected chi connectivity index (χ2v) is 9.53. The standard InChI is InChI=1S/C22H20ClNO6S/c1-12(2)21(22(25)28-3)24-31(26,27)14-5-7-18-16(11-14)15-6-4-13(10-19(15)29-18)17-8-9-20(23)30-17/h4-12,21,24H,1-3H3. The minimum atomic E-state index is -3.97. The number of fused-ring (bicyclic) bond motifs is 3. The molecule has 9 heteroatoms. The highest BCUT2D eigenvalue weighted by Crippen LogP contribution is 2.34. The summed E-state index contributed by atoms with van der Waals surface area (Å²) >= 11 is 5.86. The lowest BCUT2D eigenvalue weighted by Crippen LogP contribution is -2.44. The number of ether oxygens (including phenoxy) is 1. The fraction of sp³-hybridized carbons (Fsp3) is 0.227. The van der Waals surface area contributed by atoms with Crippen molar-refractivity contribution in [3.05, 3.63) is 53.8 Å². The molecule has 0 saturated heterocycles. The molecule has 0 aliphatic carbocycles. The molecule has 0 aliphatic heterocycles. The number of rotatable bonds is 6. The molecule has 2 aromatic carbocycles. The Hall–Kier alpha value is -2.81. The molecule has 162 valence electrons. The van der Waals surface area contributed by atoms with E-state index in [0.29, 0.717) is 22.3 Å². The zero-order valence-electron chi connectivity index (χ0n) is 17.0. The highest BCUT2D eigenvalue weighted by molar-refractivity contribution is 7.89. The van der Waals surface area contributed by atoms with Gasteiger partial charge in [0, 0.05) is 16.3 Å². The number of esters is 1. The first-order valence-electron chi connectivity index (χ1n) is 9.52. The van der Waals surface area contributed by atoms with Gasteiger partial charge in [0.05, 0.1) is 12.0 Å². The Balaban J connectivity index is 1.74. The predicted octanol–water partition coefficient (Wildman–Crippen LogP) is 4.98. The van der Waals surface area contributed by atoms with E-state index in [-0.39, 0.29) is 16.0 Å². The Bertz CT molecular complexity index is 1390. The van der Waals surface area contributed by atoms with Crippen LogP contribution >= 0.6 is 11.6 Å². The number of carbonyl (C=O) groups excluding carboxylic acids is 1. The second kappa shape index (κ2) is 8.03. The maximum atomic E-state index is 12.9. The van der Waals surface area contributed by atoms with Crippen molar-refractivity contribution < 1.29 is 26.8 Å². The number of hydrogen-bond acceptors (Lipinski definition) is 6. The molecule has 0 fully saturated rings. The van der Waals surface area contributed by atoms with Gasteiger partial charge >= 0.3 is 5.97 Å². The Morgan fingerprint density at radius 1 is 1.00 bits per heavy atom. The monoisotopic (exact) mass is 461 g/mol. The van der Waals surface area contributed by atoms with Crippen molar-refractivity contribution in [1.29, 1.82) is 0 Å². The molecule has 0 amide bonds. The molecule has 0 spiro atoms. The molecule has 0 radical (unpaired) electrons. The zero-order chi connectivity index (χ0) is 22.3. The molecule has 2 aromatic heterocycles. The molecule has 1 atom stereocenters. The number of hydrogen-bond donors (Lipinski definition) is 1. The molecule has 0 saturated carbocycles. The highest BCUT2D eigenvalue weighted by Gasteiger charge is 2.29. The largest absolute Gasteiger partial charge is 0.468 e. The lowest BCUT2D eigenvalue weighted by atomic mass is 10.1. The van der Waals surface area contributed by atoms with Crippen molar-refractivity contribution in [1.82, 2.24) is 4.72 Å². The molecule has 7 nitrogen and oxygen atoms in total. The number of furan rings is 2. The van der Waals surface area contributed by atoms with Gasteiger partial charge in [-0.1, -0.05) is 19.9 Å². The summed E-state index contributed by atoms with van der Waals surface area (Å²) < 4.78 is 44.4. The Kier molecular flexibility index (Phi) is 5.55. The normalized spacial score (nSPS) is 13.2. The lowest BCUT2D eigenvalue weighted by Gasteiger charge is -2.19. The maximum Gasteiger partial charge on any atom is 0.324 e. The van der Waals surface area contributed by atoms with Crippen molar-refractivity contribution in [2.45, 2.75) is 24.8 Å². The minimum absolute atomic E-state index is 0.0270. The topological polar surface area (TPSA) is 98.8 Å². The van der Waals surface area contributed by atoms with Crippen LogP contribution in [0.4, 0.5) is 0 Å². The molecular formula is C22H20ClNO6S. The van der Waals surface area contributed by atoms with Gasteiger partial charge < -0.3 is 13.6 Å². The number of sulfonamides is 1. The third-order valence-corrected chi connectivity index (χ3v) is 6.66. The first kappa shape index (κ1) is 21.4. The van der Waals surface area contributed by atoms with Gasteiger partial charge in [-0.15, -0.1) is 0 Å². The number of halogens is 1. The summed E-state index contributed by atoms with van der Waals surface area (Å²) in [6.07, 6.45) is 0. The summed E-state index contributed by atoms with van der Waals surface area (Å²) in [4.78, 5) is 12.0. The maximum absolute atomic E-state index is 12.9. The van der Waals surface area contributed by atoms with Crippen LogP contribution in [0.1, 0.15) is 13.8 Å². The Morgan fingerprint density at radius 3 is 2.42 bits per heavy atom. The van der Waals surface area contributed by atoms with Gasteiger partial charge in [0.25, 0.3) is 0 Å². The average molecular weight is 462 g/mol.